The first kappa shape index (κ1) is 17.0. The van der Waals surface area contributed by atoms with Crippen LogP contribution in [0.3, 0.4) is 0 Å². The number of rotatable bonds is 2. The second-order valence-corrected chi connectivity index (χ2v) is 7.41. The maximum atomic E-state index is 13.0. The second-order valence-electron chi connectivity index (χ2n) is 5.77. The zero-order valence-corrected chi connectivity index (χ0v) is 16.1. The van der Waals surface area contributed by atoms with Crippen molar-refractivity contribution in [2.75, 3.05) is 0 Å². The molecule has 1 aromatic heterocycles. The van der Waals surface area contributed by atoms with Gasteiger partial charge in [-0.3, -0.25) is 4.79 Å². The third-order valence-electron chi connectivity index (χ3n) is 3.80. The fourth-order valence-electron chi connectivity index (χ4n) is 2.63. The highest BCUT2D eigenvalue weighted by Gasteiger charge is 2.21. The lowest BCUT2D eigenvalue weighted by molar-refractivity contribution is 0.471. The Morgan fingerprint density at radius 2 is 1.71 bits per heavy atom. The Morgan fingerprint density at radius 1 is 1.04 bits per heavy atom. The van der Waals surface area contributed by atoms with Crippen LogP contribution in [0.1, 0.15) is 25.3 Å². The van der Waals surface area contributed by atoms with E-state index in [-0.39, 0.29) is 22.8 Å². The van der Waals surface area contributed by atoms with Crippen LogP contribution >= 0.6 is 31.9 Å². The van der Waals surface area contributed by atoms with Crippen molar-refractivity contribution in [1.82, 2.24) is 0 Å². The van der Waals surface area contributed by atoms with Gasteiger partial charge in [0.05, 0.1) is 14.3 Å². The molecule has 6 heteroatoms. The van der Waals surface area contributed by atoms with Crippen molar-refractivity contribution in [3.8, 4) is 22.8 Å². The Hall–Kier alpha value is -1.79. The lowest BCUT2D eigenvalue weighted by atomic mass is 9.96. The summed E-state index contributed by atoms with van der Waals surface area (Å²) in [6.07, 6.45) is 0. The van der Waals surface area contributed by atoms with Crippen molar-refractivity contribution in [3.05, 3.63) is 55.1 Å². The molecule has 124 valence electrons. The minimum atomic E-state index is -0.187. The van der Waals surface area contributed by atoms with Crippen molar-refractivity contribution in [2.45, 2.75) is 19.8 Å². The highest BCUT2D eigenvalue weighted by atomic mass is 79.9. The average molecular weight is 454 g/mol. The molecule has 0 aliphatic heterocycles. The van der Waals surface area contributed by atoms with Crippen LogP contribution in [0.25, 0.3) is 22.3 Å². The average Bonchev–Trinajstić information content (AvgIpc) is 2.52. The van der Waals surface area contributed by atoms with Crippen LogP contribution in [0.15, 0.2) is 48.5 Å². The predicted octanol–water partition coefficient (Wildman–Crippen LogP) is 5.52. The van der Waals surface area contributed by atoms with Gasteiger partial charge in [0.25, 0.3) is 0 Å². The number of halogens is 2. The third kappa shape index (κ3) is 2.74. The number of aromatic hydroxyl groups is 2. The summed E-state index contributed by atoms with van der Waals surface area (Å²) < 4.78 is 6.85. The molecule has 0 unspecified atom stereocenters. The summed E-state index contributed by atoms with van der Waals surface area (Å²) in [5.41, 5.74) is 1.40. The molecular weight excluding hydrogens is 440 g/mol. The van der Waals surface area contributed by atoms with Crippen molar-refractivity contribution in [1.29, 1.82) is 0 Å². The summed E-state index contributed by atoms with van der Waals surface area (Å²) in [4.78, 5) is 13.0. The first-order valence-corrected chi connectivity index (χ1v) is 8.87. The van der Waals surface area contributed by atoms with Gasteiger partial charge < -0.3 is 14.6 Å². The summed E-state index contributed by atoms with van der Waals surface area (Å²) in [6.45, 7) is 3.82. The van der Waals surface area contributed by atoms with Crippen LogP contribution in [0.2, 0.25) is 0 Å². The smallest absolute Gasteiger partial charge is 0.198 e. The lowest BCUT2D eigenvalue weighted by Gasteiger charge is -2.14. The number of phenols is 2. The lowest BCUT2D eigenvalue weighted by Crippen LogP contribution is -2.13. The van der Waals surface area contributed by atoms with Gasteiger partial charge in [0, 0.05) is 11.1 Å². The van der Waals surface area contributed by atoms with Gasteiger partial charge in [-0.2, -0.15) is 0 Å². The molecule has 0 spiro atoms. The van der Waals surface area contributed by atoms with Crippen molar-refractivity contribution >= 4 is 42.8 Å². The molecule has 0 saturated carbocycles. The van der Waals surface area contributed by atoms with E-state index in [0.717, 1.165) is 0 Å². The van der Waals surface area contributed by atoms with Gasteiger partial charge in [-0.05, 0) is 68.1 Å². The molecule has 3 rings (SSSR count). The van der Waals surface area contributed by atoms with E-state index in [9.17, 15) is 15.0 Å². The molecule has 0 bridgehead atoms. The quantitative estimate of drug-likeness (QED) is 0.535. The SMILES string of the molecule is CC(C)c1c(-c2ccc(O)c(Br)c2)oc2ccc(O)c(Br)c2c1=O. The molecule has 3 aromatic rings. The molecule has 0 fully saturated rings. The fourth-order valence-corrected chi connectivity index (χ4v) is 3.52. The fraction of sp³-hybridized carbons (Fsp3) is 0.167. The molecule has 0 aliphatic carbocycles. The van der Waals surface area contributed by atoms with Gasteiger partial charge in [0.15, 0.2) is 5.43 Å². The molecule has 2 aromatic carbocycles. The summed E-state index contributed by atoms with van der Waals surface area (Å²) in [7, 11) is 0. The molecular formula is C18H14Br2O4. The maximum absolute atomic E-state index is 13.0. The summed E-state index contributed by atoms with van der Waals surface area (Å²) in [6, 6.07) is 7.99. The number of hydrogen-bond donors (Lipinski definition) is 2. The summed E-state index contributed by atoms with van der Waals surface area (Å²) >= 11 is 6.55. The Kier molecular flexibility index (Phi) is 4.44. The van der Waals surface area contributed by atoms with Gasteiger partial charge in [0.1, 0.15) is 22.8 Å². The molecule has 1 heterocycles. The van der Waals surface area contributed by atoms with Crippen LogP contribution < -0.4 is 5.43 Å². The predicted molar refractivity (Wildman–Crippen MR) is 101 cm³/mol. The van der Waals surface area contributed by atoms with Gasteiger partial charge in [-0.25, -0.2) is 0 Å². The molecule has 4 nitrogen and oxygen atoms in total. The van der Waals surface area contributed by atoms with Gasteiger partial charge in [-0.1, -0.05) is 13.8 Å². The zero-order chi connectivity index (χ0) is 17.6. The van der Waals surface area contributed by atoms with Crippen LogP contribution in [0.5, 0.6) is 11.5 Å². The second kappa shape index (κ2) is 6.26. The topological polar surface area (TPSA) is 70.7 Å². The Balaban J connectivity index is 2.44. The minimum absolute atomic E-state index is 0.00960. The molecule has 2 N–H and O–H groups in total. The van der Waals surface area contributed by atoms with E-state index in [0.29, 0.717) is 36.8 Å². The molecule has 0 radical (unpaired) electrons. The van der Waals surface area contributed by atoms with Crippen molar-refractivity contribution < 1.29 is 14.6 Å². The Bertz CT molecular complexity index is 1010. The van der Waals surface area contributed by atoms with E-state index in [1.54, 1.807) is 24.3 Å². The summed E-state index contributed by atoms with van der Waals surface area (Å²) in [5.74, 6) is 0.480. The van der Waals surface area contributed by atoms with Crippen molar-refractivity contribution in [3.63, 3.8) is 0 Å². The van der Waals surface area contributed by atoms with E-state index in [1.807, 2.05) is 13.8 Å². The van der Waals surface area contributed by atoms with Crippen LogP contribution in [0.4, 0.5) is 0 Å². The van der Waals surface area contributed by atoms with Crippen LogP contribution in [0, 0.1) is 0 Å². The number of phenolic OH excluding ortho intramolecular Hbond substituents is 2. The largest absolute Gasteiger partial charge is 0.507 e. The van der Waals surface area contributed by atoms with Crippen LogP contribution in [-0.2, 0) is 0 Å². The van der Waals surface area contributed by atoms with E-state index in [2.05, 4.69) is 31.9 Å². The number of fused-ring (bicyclic) bond motifs is 1. The molecule has 0 saturated heterocycles. The van der Waals surface area contributed by atoms with E-state index >= 15 is 0 Å². The standard InChI is InChI=1S/C18H14Br2O4/c1-8(2)14-17(23)15-13(6-5-12(22)16(15)20)24-18(14)9-3-4-11(21)10(19)7-9/h3-8,21-22H,1-2H3. The molecule has 0 atom stereocenters. The van der Waals surface area contributed by atoms with E-state index in [4.69, 9.17) is 4.42 Å². The van der Waals surface area contributed by atoms with E-state index in [1.165, 1.54) is 6.07 Å². The number of benzene rings is 2. The van der Waals surface area contributed by atoms with E-state index < -0.39 is 0 Å². The third-order valence-corrected chi connectivity index (χ3v) is 5.24. The minimum Gasteiger partial charge on any atom is -0.507 e. The highest BCUT2D eigenvalue weighted by Crippen LogP contribution is 2.37. The molecule has 0 aliphatic rings. The summed E-state index contributed by atoms with van der Waals surface area (Å²) in [5, 5.41) is 19.9. The Morgan fingerprint density at radius 3 is 2.33 bits per heavy atom. The van der Waals surface area contributed by atoms with Crippen molar-refractivity contribution in [2.24, 2.45) is 0 Å². The highest BCUT2D eigenvalue weighted by molar-refractivity contribution is 9.11. The normalized spacial score (nSPS) is 11.4. The van der Waals surface area contributed by atoms with Crippen LogP contribution in [-0.4, -0.2) is 10.2 Å². The van der Waals surface area contributed by atoms with Gasteiger partial charge in [-0.15, -0.1) is 0 Å². The maximum Gasteiger partial charge on any atom is 0.198 e. The first-order chi connectivity index (χ1) is 11.3. The number of hydrogen-bond acceptors (Lipinski definition) is 4. The van der Waals surface area contributed by atoms with Gasteiger partial charge in [0.2, 0.25) is 0 Å². The van der Waals surface area contributed by atoms with Gasteiger partial charge >= 0.3 is 0 Å². The Labute approximate surface area is 155 Å². The molecule has 0 amide bonds. The monoisotopic (exact) mass is 452 g/mol. The zero-order valence-electron chi connectivity index (χ0n) is 12.9. The molecule has 24 heavy (non-hydrogen) atoms. The first-order valence-electron chi connectivity index (χ1n) is 7.28.